The predicted molar refractivity (Wildman–Crippen MR) is 120 cm³/mol. The van der Waals surface area contributed by atoms with Gasteiger partial charge in [0, 0.05) is 30.0 Å². The normalized spacial score (nSPS) is 13.8. The molecule has 7 heteroatoms. The Morgan fingerprint density at radius 1 is 0.968 bits per heavy atom. The Morgan fingerprint density at radius 3 is 2.35 bits per heavy atom. The number of anilines is 2. The number of ether oxygens (including phenoxy) is 1. The fourth-order valence-corrected chi connectivity index (χ4v) is 3.52. The molecule has 7 nitrogen and oxygen atoms in total. The maximum atomic E-state index is 12.1. The zero-order chi connectivity index (χ0) is 22.1. The topological polar surface area (TPSA) is 87.7 Å². The van der Waals surface area contributed by atoms with Gasteiger partial charge in [-0.1, -0.05) is 30.5 Å². The summed E-state index contributed by atoms with van der Waals surface area (Å²) in [4.78, 5) is 38.3. The molecule has 2 amide bonds. The summed E-state index contributed by atoms with van der Waals surface area (Å²) in [5.41, 5.74) is 3.21. The zero-order valence-corrected chi connectivity index (χ0v) is 17.9. The molecule has 0 aliphatic carbocycles. The van der Waals surface area contributed by atoms with E-state index in [2.05, 4.69) is 15.5 Å². The van der Waals surface area contributed by atoms with Gasteiger partial charge in [-0.25, -0.2) is 0 Å². The lowest BCUT2D eigenvalue weighted by atomic mass is 10.1. The standard InChI is InChI=1S/C24H29N3O4/c1-18-7-6-8-19(15-18)24(30)25-16-23(29)31-17-22(28)26-20-9-11-21(12-10-20)27-13-4-2-3-5-14-27/h6-12,15H,2-5,13-14,16-17H2,1H3,(H,25,30)(H,26,28). The van der Waals surface area contributed by atoms with Crippen molar-refractivity contribution < 1.29 is 19.1 Å². The number of hydrogen-bond acceptors (Lipinski definition) is 5. The number of hydrogen-bond donors (Lipinski definition) is 2. The highest BCUT2D eigenvalue weighted by Crippen LogP contribution is 2.21. The molecule has 3 rings (SSSR count). The summed E-state index contributed by atoms with van der Waals surface area (Å²) in [6.45, 7) is 3.29. The highest BCUT2D eigenvalue weighted by atomic mass is 16.5. The van der Waals surface area contributed by atoms with E-state index in [0.717, 1.165) is 24.3 Å². The van der Waals surface area contributed by atoms with Gasteiger partial charge in [-0.2, -0.15) is 0 Å². The van der Waals surface area contributed by atoms with E-state index in [4.69, 9.17) is 4.74 Å². The molecule has 0 unspecified atom stereocenters. The van der Waals surface area contributed by atoms with Crippen LogP contribution in [0.2, 0.25) is 0 Å². The van der Waals surface area contributed by atoms with Gasteiger partial charge in [0.15, 0.2) is 6.61 Å². The van der Waals surface area contributed by atoms with Crippen LogP contribution in [0.3, 0.4) is 0 Å². The Balaban J connectivity index is 1.39. The van der Waals surface area contributed by atoms with Crippen LogP contribution in [0.4, 0.5) is 11.4 Å². The molecule has 1 aliphatic rings. The lowest BCUT2D eigenvalue weighted by Crippen LogP contribution is -2.32. The fraction of sp³-hybridized carbons (Fsp3) is 0.375. The number of carbonyl (C=O) groups excluding carboxylic acids is 3. The van der Waals surface area contributed by atoms with Crippen LogP contribution in [0.25, 0.3) is 0 Å². The van der Waals surface area contributed by atoms with Crippen molar-refractivity contribution in [2.45, 2.75) is 32.6 Å². The van der Waals surface area contributed by atoms with Gasteiger partial charge in [0.05, 0.1) is 0 Å². The average molecular weight is 424 g/mol. The van der Waals surface area contributed by atoms with E-state index in [1.807, 2.05) is 37.3 Å². The summed E-state index contributed by atoms with van der Waals surface area (Å²) < 4.78 is 4.94. The molecule has 164 valence electrons. The van der Waals surface area contributed by atoms with E-state index in [0.29, 0.717) is 11.3 Å². The number of aryl methyl sites for hydroxylation is 1. The second-order valence-electron chi connectivity index (χ2n) is 7.71. The Hall–Kier alpha value is -3.35. The molecule has 1 saturated heterocycles. The van der Waals surface area contributed by atoms with Crippen LogP contribution in [0.15, 0.2) is 48.5 Å². The highest BCUT2D eigenvalue weighted by molar-refractivity contribution is 5.96. The number of carbonyl (C=O) groups is 3. The van der Waals surface area contributed by atoms with Crippen molar-refractivity contribution in [3.05, 3.63) is 59.7 Å². The number of benzene rings is 2. The molecular formula is C24H29N3O4. The first kappa shape index (κ1) is 22.3. The van der Waals surface area contributed by atoms with Crippen molar-refractivity contribution in [2.75, 3.05) is 36.5 Å². The lowest BCUT2D eigenvalue weighted by Gasteiger charge is -2.22. The van der Waals surface area contributed by atoms with Crippen molar-refractivity contribution in [3.63, 3.8) is 0 Å². The van der Waals surface area contributed by atoms with Crippen LogP contribution in [0.5, 0.6) is 0 Å². The molecule has 0 spiro atoms. The van der Waals surface area contributed by atoms with E-state index >= 15 is 0 Å². The Bertz CT molecular complexity index is 903. The first-order valence-electron chi connectivity index (χ1n) is 10.7. The summed E-state index contributed by atoms with van der Waals surface area (Å²) >= 11 is 0. The van der Waals surface area contributed by atoms with E-state index in [-0.39, 0.29) is 12.5 Å². The van der Waals surface area contributed by atoms with Crippen LogP contribution >= 0.6 is 0 Å². The molecule has 0 aromatic heterocycles. The summed E-state index contributed by atoms with van der Waals surface area (Å²) in [6, 6.07) is 14.7. The quantitative estimate of drug-likeness (QED) is 0.668. The Labute approximate surface area is 182 Å². The van der Waals surface area contributed by atoms with Crippen LogP contribution < -0.4 is 15.5 Å². The first-order chi connectivity index (χ1) is 15.0. The molecule has 1 aliphatic heterocycles. The number of nitrogens with zero attached hydrogens (tertiary/aromatic N) is 1. The third-order valence-corrected chi connectivity index (χ3v) is 5.16. The van der Waals surface area contributed by atoms with Crippen molar-refractivity contribution in [1.29, 1.82) is 0 Å². The molecule has 2 aromatic rings. The molecule has 0 bridgehead atoms. The van der Waals surface area contributed by atoms with Gasteiger partial charge in [-0.3, -0.25) is 14.4 Å². The van der Waals surface area contributed by atoms with Crippen LogP contribution in [-0.4, -0.2) is 44.0 Å². The molecule has 0 saturated carbocycles. The summed E-state index contributed by atoms with van der Waals surface area (Å²) in [6.07, 6.45) is 4.96. The van der Waals surface area contributed by atoms with Gasteiger partial charge < -0.3 is 20.3 Å². The second kappa shape index (κ2) is 11.2. The largest absolute Gasteiger partial charge is 0.454 e. The highest BCUT2D eigenvalue weighted by Gasteiger charge is 2.12. The maximum absolute atomic E-state index is 12.1. The summed E-state index contributed by atoms with van der Waals surface area (Å²) in [7, 11) is 0. The number of amides is 2. The Morgan fingerprint density at radius 2 is 1.68 bits per heavy atom. The Kier molecular flexibility index (Phi) is 8.04. The van der Waals surface area contributed by atoms with Gasteiger partial charge in [-0.15, -0.1) is 0 Å². The minimum Gasteiger partial charge on any atom is -0.454 e. The molecule has 1 fully saturated rings. The number of nitrogens with one attached hydrogen (secondary N) is 2. The fourth-order valence-electron chi connectivity index (χ4n) is 3.52. The van der Waals surface area contributed by atoms with Crippen LogP contribution in [0.1, 0.15) is 41.6 Å². The third kappa shape index (κ3) is 7.13. The van der Waals surface area contributed by atoms with Crippen LogP contribution in [0, 0.1) is 6.92 Å². The molecule has 0 atom stereocenters. The lowest BCUT2D eigenvalue weighted by molar-refractivity contribution is -0.146. The minimum atomic E-state index is -0.673. The molecule has 31 heavy (non-hydrogen) atoms. The predicted octanol–water partition coefficient (Wildman–Crippen LogP) is 3.29. The van der Waals surface area contributed by atoms with Gasteiger partial charge in [0.2, 0.25) is 0 Å². The van der Waals surface area contributed by atoms with E-state index in [9.17, 15) is 14.4 Å². The summed E-state index contributed by atoms with van der Waals surface area (Å²) in [5.74, 6) is -1.47. The zero-order valence-electron chi connectivity index (χ0n) is 17.9. The molecular weight excluding hydrogens is 394 g/mol. The van der Waals surface area contributed by atoms with E-state index < -0.39 is 18.5 Å². The maximum Gasteiger partial charge on any atom is 0.325 e. The van der Waals surface area contributed by atoms with Crippen molar-refractivity contribution in [1.82, 2.24) is 5.32 Å². The second-order valence-corrected chi connectivity index (χ2v) is 7.71. The van der Waals surface area contributed by atoms with Gasteiger partial charge in [0.1, 0.15) is 6.54 Å². The molecule has 2 aromatic carbocycles. The third-order valence-electron chi connectivity index (χ3n) is 5.16. The van der Waals surface area contributed by atoms with E-state index in [1.165, 1.54) is 25.7 Å². The van der Waals surface area contributed by atoms with Crippen molar-refractivity contribution >= 4 is 29.2 Å². The smallest absolute Gasteiger partial charge is 0.325 e. The monoisotopic (exact) mass is 423 g/mol. The molecule has 1 heterocycles. The van der Waals surface area contributed by atoms with Gasteiger partial charge >= 0.3 is 5.97 Å². The first-order valence-corrected chi connectivity index (χ1v) is 10.7. The summed E-state index contributed by atoms with van der Waals surface area (Å²) in [5, 5.41) is 5.21. The number of esters is 1. The van der Waals surface area contributed by atoms with Gasteiger partial charge in [-0.05, 0) is 56.2 Å². The number of rotatable bonds is 7. The molecule has 2 N–H and O–H groups in total. The van der Waals surface area contributed by atoms with Crippen LogP contribution in [-0.2, 0) is 14.3 Å². The minimum absolute atomic E-state index is 0.301. The van der Waals surface area contributed by atoms with Gasteiger partial charge in [0.25, 0.3) is 11.8 Å². The van der Waals surface area contributed by atoms with E-state index in [1.54, 1.807) is 18.2 Å². The van der Waals surface area contributed by atoms with Crippen molar-refractivity contribution in [3.8, 4) is 0 Å². The van der Waals surface area contributed by atoms with Crippen molar-refractivity contribution in [2.24, 2.45) is 0 Å². The SMILES string of the molecule is Cc1cccc(C(=O)NCC(=O)OCC(=O)Nc2ccc(N3CCCCCC3)cc2)c1. The average Bonchev–Trinajstić information content (AvgIpc) is 3.06. The molecule has 0 radical (unpaired) electrons.